The largest absolute Gasteiger partial charge is 0.382 e. The van der Waals surface area contributed by atoms with E-state index in [4.69, 9.17) is 17.3 Å². The van der Waals surface area contributed by atoms with Crippen molar-refractivity contribution in [1.29, 1.82) is 0 Å². The van der Waals surface area contributed by atoms with Crippen LogP contribution in [-0.2, 0) is 7.05 Å². The molecule has 0 bridgehead atoms. The zero-order valence-corrected chi connectivity index (χ0v) is 18.9. The van der Waals surface area contributed by atoms with Crippen molar-refractivity contribution in [3.05, 3.63) is 66.2 Å². The van der Waals surface area contributed by atoms with Crippen LogP contribution in [0.2, 0.25) is 5.02 Å². The molecule has 5 aromatic rings. The van der Waals surface area contributed by atoms with Crippen LogP contribution in [0.1, 0.15) is 0 Å². The van der Waals surface area contributed by atoms with E-state index in [1.165, 1.54) is 17.7 Å². The van der Waals surface area contributed by atoms with Crippen LogP contribution >= 0.6 is 22.9 Å². The Hall–Kier alpha value is -4.02. The molecule has 0 radical (unpaired) electrons. The van der Waals surface area contributed by atoms with E-state index in [2.05, 4.69) is 30.6 Å². The topological polar surface area (TPSA) is 124 Å². The summed E-state index contributed by atoms with van der Waals surface area (Å²) in [5.74, 6) is 0.336. The molecule has 33 heavy (non-hydrogen) atoms. The molecule has 0 aliphatic rings. The fourth-order valence-electron chi connectivity index (χ4n) is 3.37. The number of benzene rings is 2. The molecule has 3 heterocycles. The second kappa shape index (κ2) is 8.49. The van der Waals surface area contributed by atoms with E-state index in [1.54, 1.807) is 36.7 Å². The number of carbonyl (C=O) groups excluding carboxylic acids is 1. The molecular weight excluding hydrogens is 460 g/mol. The molecule has 5 rings (SSSR count). The van der Waals surface area contributed by atoms with Gasteiger partial charge in [0.25, 0.3) is 0 Å². The van der Waals surface area contributed by atoms with Crippen LogP contribution in [0.25, 0.3) is 32.3 Å². The van der Waals surface area contributed by atoms with Gasteiger partial charge in [-0.1, -0.05) is 41.1 Å². The van der Waals surface area contributed by atoms with Crippen molar-refractivity contribution in [2.24, 2.45) is 7.05 Å². The SMILES string of the molecule is Cn1cnc(-c2cccc(NC(=O)Nc3cccc(Cl)c3)c2)c1-c1nc2c(N)ncnc2s1. The van der Waals surface area contributed by atoms with Gasteiger partial charge in [0.05, 0.1) is 12.0 Å². The van der Waals surface area contributed by atoms with Gasteiger partial charge in [-0.25, -0.2) is 24.7 Å². The van der Waals surface area contributed by atoms with Gasteiger partial charge in [0.1, 0.15) is 27.4 Å². The summed E-state index contributed by atoms with van der Waals surface area (Å²) in [5.41, 5.74) is 10.1. The van der Waals surface area contributed by atoms with Crippen molar-refractivity contribution in [1.82, 2.24) is 24.5 Å². The van der Waals surface area contributed by atoms with Crippen LogP contribution in [0, 0.1) is 0 Å². The Bertz CT molecular complexity index is 1500. The summed E-state index contributed by atoms with van der Waals surface area (Å²) in [6, 6.07) is 14.0. The van der Waals surface area contributed by atoms with Crippen molar-refractivity contribution in [3.8, 4) is 22.0 Å². The van der Waals surface area contributed by atoms with Gasteiger partial charge < -0.3 is 20.9 Å². The predicted octanol–water partition coefficient (Wildman–Crippen LogP) is 5.03. The molecule has 0 unspecified atom stereocenters. The van der Waals surface area contributed by atoms with E-state index in [-0.39, 0.29) is 6.03 Å². The number of aryl methyl sites for hydroxylation is 1. The number of carbonyl (C=O) groups is 1. The molecule has 0 atom stereocenters. The fourth-order valence-corrected chi connectivity index (χ4v) is 4.56. The zero-order valence-electron chi connectivity index (χ0n) is 17.3. The molecule has 0 spiro atoms. The smallest absolute Gasteiger partial charge is 0.323 e. The first-order chi connectivity index (χ1) is 16.0. The first-order valence-corrected chi connectivity index (χ1v) is 11.0. The highest BCUT2D eigenvalue weighted by atomic mass is 35.5. The molecular formula is C22H17ClN8OS. The summed E-state index contributed by atoms with van der Waals surface area (Å²) < 4.78 is 1.89. The van der Waals surface area contributed by atoms with Crippen LogP contribution < -0.4 is 16.4 Å². The van der Waals surface area contributed by atoms with Crippen molar-refractivity contribution in [2.45, 2.75) is 0 Å². The fraction of sp³-hybridized carbons (Fsp3) is 0.0455. The highest BCUT2D eigenvalue weighted by Gasteiger charge is 2.19. The first kappa shape index (κ1) is 20.9. The van der Waals surface area contributed by atoms with Gasteiger partial charge in [-0.05, 0) is 30.3 Å². The van der Waals surface area contributed by atoms with Gasteiger partial charge in [-0.2, -0.15) is 0 Å². The normalized spacial score (nSPS) is 11.0. The Morgan fingerprint density at radius 1 is 1.06 bits per heavy atom. The molecule has 0 saturated heterocycles. The Labute approximate surface area is 197 Å². The van der Waals surface area contributed by atoms with Gasteiger partial charge in [-0.15, -0.1) is 0 Å². The lowest BCUT2D eigenvalue weighted by molar-refractivity contribution is 0.262. The number of aromatic nitrogens is 5. The minimum absolute atomic E-state index is 0.336. The summed E-state index contributed by atoms with van der Waals surface area (Å²) in [4.78, 5) is 30.6. The standard InChI is InChI=1S/C22H17ClN8OS/c1-31-11-27-16(18(31)21-30-17-19(24)25-10-26-20(17)33-21)12-4-2-6-14(8-12)28-22(32)29-15-7-3-5-13(23)9-15/h2-11H,1H3,(H2,24,25,26)(H2,28,29,32). The van der Waals surface area contributed by atoms with Crippen LogP contribution in [0.5, 0.6) is 0 Å². The molecule has 9 nitrogen and oxygen atoms in total. The van der Waals surface area contributed by atoms with Gasteiger partial charge in [0.15, 0.2) is 5.82 Å². The number of imidazole rings is 1. The number of urea groups is 1. The van der Waals surface area contributed by atoms with E-state index in [0.29, 0.717) is 32.6 Å². The second-order valence-corrected chi connectivity index (χ2v) is 8.57. The minimum Gasteiger partial charge on any atom is -0.382 e. The maximum atomic E-state index is 12.4. The second-order valence-electron chi connectivity index (χ2n) is 7.15. The quantitative estimate of drug-likeness (QED) is 0.334. The summed E-state index contributed by atoms with van der Waals surface area (Å²) >= 11 is 7.40. The number of nitrogens with one attached hydrogen (secondary N) is 2. The van der Waals surface area contributed by atoms with Crippen molar-refractivity contribution in [2.75, 3.05) is 16.4 Å². The highest BCUT2D eigenvalue weighted by Crippen LogP contribution is 2.36. The number of hydrogen-bond donors (Lipinski definition) is 3. The highest BCUT2D eigenvalue weighted by molar-refractivity contribution is 7.21. The van der Waals surface area contributed by atoms with E-state index in [0.717, 1.165) is 22.0 Å². The predicted molar refractivity (Wildman–Crippen MR) is 131 cm³/mol. The first-order valence-electron chi connectivity index (χ1n) is 9.80. The average Bonchev–Trinajstić information content (AvgIpc) is 3.38. The number of nitrogens with two attached hydrogens (primary N) is 1. The maximum absolute atomic E-state index is 12.4. The number of amides is 2. The summed E-state index contributed by atoms with van der Waals surface area (Å²) in [6.45, 7) is 0. The maximum Gasteiger partial charge on any atom is 0.323 e. The van der Waals surface area contributed by atoms with E-state index >= 15 is 0 Å². The molecule has 4 N–H and O–H groups in total. The van der Waals surface area contributed by atoms with E-state index in [1.807, 2.05) is 29.8 Å². The van der Waals surface area contributed by atoms with E-state index < -0.39 is 0 Å². The molecule has 2 aromatic carbocycles. The van der Waals surface area contributed by atoms with Crippen molar-refractivity contribution in [3.63, 3.8) is 0 Å². The van der Waals surface area contributed by atoms with Gasteiger partial charge >= 0.3 is 6.03 Å². The number of nitrogen functional groups attached to an aromatic ring is 1. The Morgan fingerprint density at radius 2 is 1.82 bits per heavy atom. The molecule has 0 fully saturated rings. The van der Waals surface area contributed by atoms with Crippen LogP contribution in [0.15, 0.2) is 61.2 Å². The Morgan fingerprint density at radius 3 is 2.58 bits per heavy atom. The number of hydrogen-bond acceptors (Lipinski definition) is 7. The number of fused-ring (bicyclic) bond motifs is 1. The summed E-state index contributed by atoms with van der Waals surface area (Å²) in [6.07, 6.45) is 3.14. The lowest BCUT2D eigenvalue weighted by Crippen LogP contribution is -2.19. The Kier molecular flexibility index (Phi) is 5.37. The molecule has 11 heteroatoms. The van der Waals surface area contributed by atoms with Gasteiger partial charge in [-0.3, -0.25) is 0 Å². The molecule has 2 amide bonds. The molecule has 3 aromatic heterocycles. The van der Waals surface area contributed by atoms with Crippen molar-refractivity contribution < 1.29 is 4.79 Å². The van der Waals surface area contributed by atoms with Crippen LogP contribution in [-0.4, -0.2) is 30.5 Å². The number of thiazole rings is 1. The van der Waals surface area contributed by atoms with E-state index in [9.17, 15) is 4.79 Å². The summed E-state index contributed by atoms with van der Waals surface area (Å²) in [7, 11) is 1.90. The number of anilines is 3. The minimum atomic E-state index is -0.379. The summed E-state index contributed by atoms with van der Waals surface area (Å²) in [5, 5.41) is 6.87. The number of rotatable bonds is 4. The lowest BCUT2D eigenvalue weighted by atomic mass is 10.1. The van der Waals surface area contributed by atoms with Crippen molar-refractivity contribution >= 4 is 56.5 Å². The molecule has 0 aliphatic heterocycles. The third kappa shape index (κ3) is 4.21. The molecule has 0 saturated carbocycles. The number of nitrogens with zero attached hydrogens (tertiary/aromatic N) is 5. The van der Waals surface area contributed by atoms with Gasteiger partial charge in [0, 0.05) is 29.0 Å². The van der Waals surface area contributed by atoms with Crippen LogP contribution in [0.3, 0.4) is 0 Å². The lowest BCUT2D eigenvalue weighted by Gasteiger charge is -2.09. The Balaban J connectivity index is 1.44. The number of halogens is 1. The van der Waals surface area contributed by atoms with Crippen LogP contribution in [0.4, 0.5) is 22.0 Å². The molecule has 0 aliphatic carbocycles. The third-order valence-corrected chi connectivity index (χ3v) is 6.04. The zero-order chi connectivity index (χ0) is 22.9. The molecule has 164 valence electrons. The van der Waals surface area contributed by atoms with Gasteiger partial charge in [0.2, 0.25) is 0 Å². The monoisotopic (exact) mass is 476 g/mol. The third-order valence-electron chi connectivity index (χ3n) is 4.84. The average molecular weight is 477 g/mol.